The van der Waals surface area contributed by atoms with Gasteiger partial charge in [-0.15, -0.1) is 11.3 Å². The Morgan fingerprint density at radius 3 is 3.13 bits per heavy atom. The molecule has 1 aliphatic rings. The molecule has 0 spiro atoms. The number of carbonyl (C=O) groups is 2. The van der Waals surface area contributed by atoms with Crippen LogP contribution in [0.1, 0.15) is 6.42 Å². The Kier molecular flexibility index (Phi) is 2.68. The molecule has 1 aromatic rings. The molecule has 80 valence electrons. The molecule has 0 radical (unpaired) electrons. The first kappa shape index (κ1) is 10.1. The standard InChI is InChI=1S/C9H11N3O2S/c1-10-8(14)6-4-7(13)12(5-6)9-11-2-3-15-9/h2-3,6H,4-5H2,1H3,(H,10,14). The van der Waals surface area contributed by atoms with Gasteiger partial charge in [0.25, 0.3) is 0 Å². The van der Waals surface area contributed by atoms with Gasteiger partial charge in [0.05, 0.1) is 5.92 Å². The summed E-state index contributed by atoms with van der Waals surface area (Å²) in [5.74, 6) is -0.354. The fourth-order valence-corrected chi connectivity index (χ4v) is 2.29. The molecule has 1 aliphatic heterocycles. The predicted octanol–water partition coefficient (Wildman–Crippen LogP) is 0.242. The molecule has 1 atom stereocenters. The lowest BCUT2D eigenvalue weighted by Crippen LogP contribution is -2.30. The Morgan fingerprint density at radius 1 is 1.73 bits per heavy atom. The Labute approximate surface area is 91.1 Å². The van der Waals surface area contributed by atoms with E-state index < -0.39 is 0 Å². The van der Waals surface area contributed by atoms with Crippen molar-refractivity contribution < 1.29 is 9.59 Å². The molecule has 2 heterocycles. The highest BCUT2D eigenvalue weighted by molar-refractivity contribution is 7.13. The summed E-state index contributed by atoms with van der Waals surface area (Å²) >= 11 is 1.41. The topological polar surface area (TPSA) is 62.3 Å². The molecule has 6 heteroatoms. The maximum Gasteiger partial charge on any atom is 0.229 e. The average Bonchev–Trinajstić information content (AvgIpc) is 2.84. The first-order valence-corrected chi connectivity index (χ1v) is 5.52. The highest BCUT2D eigenvalue weighted by Gasteiger charge is 2.35. The highest BCUT2D eigenvalue weighted by Crippen LogP contribution is 2.26. The van der Waals surface area contributed by atoms with Gasteiger partial charge in [-0.2, -0.15) is 0 Å². The molecule has 1 aromatic heterocycles. The van der Waals surface area contributed by atoms with E-state index in [1.165, 1.54) is 11.3 Å². The summed E-state index contributed by atoms with van der Waals surface area (Å²) in [6, 6.07) is 0. The lowest BCUT2D eigenvalue weighted by Gasteiger charge is -2.11. The lowest BCUT2D eigenvalue weighted by molar-refractivity contribution is -0.125. The van der Waals surface area contributed by atoms with Crippen LogP contribution < -0.4 is 10.2 Å². The van der Waals surface area contributed by atoms with E-state index in [9.17, 15) is 9.59 Å². The molecule has 0 aromatic carbocycles. The molecule has 1 fully saturated rings. The van der Waals surface area contributed by atoms with Crippen molar-refractivity contribution in [3.8, 4) is 0 Å². The van der Waals surface area contributed by atoms with Crippen LogP contribution in [0.3, 0.4) is 0 Å². The molecule has 0 saturated carbocycles. The van der Waals surface area contributed by atoms with E-state index in [4.69, 9.17) is 0 Å². The third kappa shape index (κ3) is 1.85. The summed E-state index contributed by atoms with van der Waals surface area (Å²) in [5, 5.41) is 5.05. The summed E-state index contributed by atoms with van der Waals surface area (Å²) in [5.41, 5.74) is 0. The molecule has 1 unspecified atom stereocenters. The molecule has 0 bridgehead atoms. The smallest absolute Gasteiger partial charge is 0.229 e. The molecule has 15 heavy (non-hydrogen) atoms. The fourth-order valence-electron chi connectivity index (χ4n) is 1.62. The fraction of sp³-hybridized carbons (Fsp3) is 0.444. The van der Waals surface area contributed by atoms with Gasteiger partial charge in [0.2, 0.25) is 11.8 Å². The van der Waals surface area contributed by atoms with Gasteiger partial charge in [-0.1, -0.05) is 0 Å². The Morgan fingerprint density at radius 2 is 2.53 bits per heavy atom. The Balaban J connectivity index is 2.11. The van der Waals surface area contributed by atoms with Gasteiger partial charge >= 0.3 is 0 Å². The largest absolute Gasteiger partial charge is 0.359 e. The summed E-state index contributed by atoms with van der Waals surface area (Å²) < 4.78 is 0. The predicted molar refractivity (Wildman–Crippen MR) is 56.6 cm³/mol. The van der Waals surface area contributed by atoms with E-state index in [-0.39, 0.29) is 24.2 Å². The Bertz CT molecular complexity index is 377. The minimum atomic E-state index is -0.244. The van der Waals surface area contributed by atoms with Crippen molar-refractivity contribution in [1.82, 2.24) is 10.3 Å². The molecule has 0 aliphatic carbocycles. The number of rotatable bonds is 2. The number of hydrogen-bond donors (Lipinski definition) is 1. The van der Waals surface area contributed by atoms with Gasteiger partial charge in [-0.25, -0.2) is 4.98 Å². The second-order valence-corrected chi connectivity index (χ2v) is 4.21. The number of anilines is 1. The second kappa shape index (κ2) is 3.98. The SMILES string of the molecule is CNC(=O)C1CC(=O)N(c2nccs2)C1. The molecular formula is C9H11N3O2S. The van der Waals surface area contributed by atoms with Crippen LogP contribution in [-0.4, -0.2) is 30.4 Å². The first-order chi connectivity index (χ1) is 7.22. The summed E-state index contributed by atoms with van der Waals surface area (Å²) in [7, 11) is 1.58. The van der Waals surface area contributed by atoms with Crippen molar-refractivity contribution in [2.45, 2.75) is 6.42 Å². The van der Waals surface area contributed by atoms with Crippen LogP contribution in [0, 0.1) is 5.92 Å². The maximum atomic E-state index is 11.6. The lowest BCUT2D eigenvalue weighted by atomic mass is 10.1. The van der Waals surface area contributed by atoms with Crippen molar-refractivity contribution >= 4 is 28.3 Å². The molecule has 1 N–H and O–H groups in total. The van der Waals surface area contributed by atoms with Crippen molar-refractivity contribution in [2.75, 3.05) is 18.5 Å². The first-order valence-electron chi connectivity index (χ1n) is 4.64. The van der Waals surface area contributed by atoms with Crippen LogP contribution in [0.25, 0.3) is 0 Å². The number of amides is 2. The third-order valence-electron chi connectivity index (χ3n) is 2.39. The number of nitrogens with one attached hydrogen (secondary N) is 1. The van der Waals surface area contributed by atoms with E-state index in [1.54, 1.807) is 18.1 Å². The van der Waals surface area contributed by atoms with Crippen LogP contribution in [0.5, 0.6) is 0 Å². The van der Waals surface area contributed by atoms with Gasteiger partial charge in [0.1, 0.15) is 0 Å². The number of nitrogens with zero attached hydrogens (tertiary/aromatic N) is 2. The molecular weight excluding hydrogens is 214 g/mol. The molecule has 5 nitrogen and oxygen atoms in total. The zero-order valence-corrected chi connectivity index (χ0v) is 9.08. The summed E-state index contributed by atoms with van der Waals surface area (Å²) in [6.45, 7) is 0.437. The van der Waals surface area contributed by atoms with Crippen LogP contribution in [0.15, 0.2) is 11.6 Å². The number of carbonyl (C=O) groups excluding carboxylic acids is 2. The number of thiazole rings is 1. The summed E-state index contributed by atoms with van der Waals surface area (Å²) in [4.78, 5) is 28.6. The quantitative estimate of drug-likeness (QED) is 0.784. The minimum Gasteiger partial charge on any atom is -0.359 e. The second-order valence-electron chi connectivity index (χ2n) is 3.33. The monoisotopic (exact) mass is 225 g/mol. The van der Waals surface area contributed by atoms with Crippen molar-refractivity contribution in [3.05, 3.63) is 11.6 Å². The summed E-state index contributed by atoms with van der Waals surface area (Å²) in [6.07, 6.45) is 1.93. The van der Waals surface area contributed by atoms with Crippen molar-refractivity contribution in [1.29, 1.82) is 0 Å². The van der Waals surface area contributed by atoms with Crippen molar-refractivity contribution in [3.63, 3.8) is 0 Å². The molecule has 1 saturated heterocycles. The van der Waals surface area contributed by atoms with Gasteiger partial charge in [0.15, 0.2) is 5.13 Å². The molecule has 2 rings (SSSR count). The zero-order chi connectivity index (χ0) is 10.8. The Hall–Kier alpha value is -1.43. The van der Waals surface area contributed by atoms with Crippen molar-refractivity contribution in [2.24, 2.45) is 5.92 Å². The van der Waals surface area contributed by atoms with Gasteiger partial charge in [-0.3, -0.25) is 14.5 Å². The maximum absolute atomic E-state index is 11.6. The van der Waals surface area contributed by atoms with Crippen LogP contribution in [0.2, 0.25) is 0 Å². The van der Waals surface area contributed by atoms with Crippen LogP contribution in [0.4, 0.5) is 5.13 Å². The number of aromatic nitrogens is 1. The molecule has 2 amide bonds. The third-order valence-corrected chi connectivity index (χ3v) is 3.19. The highest BCUT2D eigenvalue weighted by atomic mass is 32.1. The van der Waals surface area contributed by atoms with Gasteiger partial charge in [-0.05, 0) is 0 Å². The number of hydrogen-bond acceptors (Lipinski definition) is 4. The van der Waals surface area contributed by atoms with E-state index in [0.29, 0.717) is 11.7 Å². The minimum absolute atomic E-state index is 0.0291. The van der Waals surface area contributed by atoms with Gasteiger partial charge in [0, 0.05) is 31.6 Å². The zero-order valence-electron chi connectivity index (χ0n) is 8.27. The van der Waals surface area contributed by atoms with Crippen LogP contribution in [-0.2, 0) is 9.59 Å². The van der Waals surface area contributed by atoms with Gasteiger partial charge < -0.3 is 5.32 Å². The van der Waals surface area contributed by atoms with E-state index in [0.717, 1.165) is 0 Å². The van der Waals surface area contributed by atoms with E-state index in [1.807, 2.05) is 5.38 Å². The normalized spacial score (nSPS) is 20.7. The average molecular weight is 225 g/mol. The van der Waals surface area contributed by atoms with E-state index >= 15 is 0 Å². The van der Waals surface area contributed by atoms with E-state index in [2.05, 4.69) is 10.3 Å². The van der Waals surface area contributed by atoms with Crippen LogP contribution >= 0.6 is 11.3 Å².